The Balaban J connectivity index is 2.28. The third-order valence-electron chi connectivity index (χ3n) is 3.19. The van der Waals surface area contributed by atoms with Crippen LogP contribution in [0.4, 0.5) is 0 Å². The van der Waals surface area contributed by atoms with Gasteiger partial charge in [0.25, 0.3) is 0 Å². The summed E-state index contributed by atoms with van der Waals surface area (Å²) in [5, 5.41) is 0. The van der Waals surface area contributed by atoms with Gasteiger partial charge in [0.1, 0.15) is 11.8 Å². The van der Waals surface area contributed by atoms with Crippen LogP contribution in [0.25, 0.3) is 5.76 Å². The largest absolute Gasteiger partial charge is 0.457 e. The van der Waals surface area contributed by atoms with Crippen LogP contribution in [-0.4, -0.2) is 23.5 Å². The van der Waals surface area contributed by atoms with Crippen molar-refractivity contribution in [1.29, 1.82) is 0 Å². The lowest BCUT2D eigenvalue weighted by atomic mass is 9.86. The Bertz CT molecular complexity index is 619. The number of hydrogen-bond donors (Lipinski definition) is 3. The van der Waals surface area contributed by atoms with Crippen molar-refractivity contribution in [3.05, 3.63) is 41.0 Å². The third kappa shape index (κ3) is 1.22. The molecular weight excluding hydrogens is 234 g/mol. The summed E-state index contributed by atoms with van der Waals surface area (Å²) in [7, 11) is 0. The van der Waals surface area contributed by atoms with E-state index in [-0.39, 0.29) is 16.9 Å². The second kappa shape index (κ2) is 3.26. The van der Waals surface area contributed by atoms with Crippen molar-refractivity contribution in [2.45, 2.75) is 11.9 Å². The molecule has 0 saturated carbocycles. The minimum atomic E-state index is -1.67. The Labute approximate surface area is 102 Å². The van der Waals surface area contributed by atoms with Crippen molar-refractivity contribution in [3.63, 3.8) is 0 Å². The van der Waals surface area contributed by atoms with Crippen molar-refractivity contribution in [2.24, 2.45) is 17.2 Å². The molecule has 0 aromatic heterocycles. The van der Waals surface area contributed by atoms with Crippen molar-refractivity contribution in [2.75, 3.05) is 0 Å². The molecule has 0 amide bonds. The number of hydrogen-bond acceptors (Lipinski definition) is 6. The van der Waals surface area contributed by atoms with E-state index in [1.807, 2.05) is 0 Å². The molecule has 1 unspecified atom stereocenters. The first-order valence-corrected chi connectivity index (χ1v) is 5.38. The maximum Gasteiger partial charge on any atom is 0.235 e. The molecule has 0 saturated heterocycles. The zero-order chi connectivity index (χ0) is 13.1. The highest BCUT2D eigenvalue weighted by molar-refractivity contribution is 6.52. The molecule has 18 heavy (non-hydrogen) atoms. The van der Waals surface area contributed by atoms with Gasteiger partial charge in [0.2, 0.25) is 17.4 Å². The van der Waals surface area contributed by atoms with Gasteiger partial charge >= 0.3 is 0 Å². The molecule has 2 aliphatic rings. The summed E-state index contributed by atoms with van der Waals surface area (Å²) in [4.78, 5) is 23.9. The van der Waals surface area contributed by atoms with Gasteiger partial charge in [-0.3, -0.25) is 21.1 Å². The molecule has 1 aromatic carbocycles. The number of ketones is 2. The lowest BCUT2D eigenvalue weighted by molar-refractivity contribution is -0.112. The average Bonchev–Trinajstić information content (AvgIpc) is 2.58. The summed E-state index contributed by atoms with van der Waals surface area (Å²) in [6.45, 7) is 0. The third-order valence-corrected chi connectivity index (χ3v) is 3.19. The number of carbonyl (C=O) groups is 2. The van der Waals surface area contributed by atoms with Crippen LogP contribution in [0.5, 0.6) is 0 Å². The first-order valence-electron chi connectivity index (χ1n) is 5.38. The number of nitrogens with two attached hydrogens (primary N) is 3. The summed E-state index contributed by atoms with van der Waals surface area (Å²) in [6, 6.07) is 5.61. The van der Waals surface area contributed by atoms with Crippen molar-refractivity contribution < 1.29 is 14.3 Å². The molecular formula is C12H11N3O3. The maximum atomic E-state index is 12.0. The molecule has 1 aromatic rings. The van der Waals surface area contributed by atoms with Crippen molar-refractivity contribution >= 4 is 17.3 Å². The highest BCUT2D eigenvalue weighted by atomic mass is 16.5. The Hall–Kier alpha value is -2.02. The highest BCUT2D eigenvalue weighted by Gasteiger charge is 2.50. The molecule has 1 atom stereocenters. The minimum absolute atomic E-state index is 0.0590. The highest BCUT2D eigenvalue weighted by Crippen LogP contribution is 2.39. The predicted octanol–water partition coefficient (Wildman–Crippen LogP) is -0.908. The molecule has 0 spiro atoms. The van der Waals surface area contributed by atoms with E-state index in [1.54, 1.807) is 24.3 Å². The van der Waals surface area contributed by atoms with Gasteiger partial charge in [-0.1, -0.05) is 24.3 Å². The van der Waals surface area contributed by atoms with Crippen LogP contribution >= 0.6 is 0 Å². The normalized spacial score (nSPS) is 24.7. The Morgan fingerprint density at radius 2 is 1.67 bits per heavy atom. The summed E-state index contributed by atoms with van der Waals surface area (Å²) in [5.41, 5.74) is 18.0. The lowest BCUT2D eigenvalue weighted by Crippen LogP contribution is -2.62. The van der Waals surface area contributed by atoms with Gasteiger partial charge in [-0.05, 0) is 0 Å². The number of fused-ring (bicyclic) bond motifs is 2. The van der Waals surface area contributed by atoms with Crippen LogP contribution in [0.2, 0.25) is 0 Å². The van der Waals surface area contributed by atoms with Gasteiger partial charge in [-0.15, -0.1) is 0 Å². The van der Waals surface area contributed by atoms with Gasteiger partial charge in [0.15, 0.2) is 0 Å². The number of rotatable bonds is 0. The summed E-state index contributed by atoms with van der Waals surface area (Å²) >= 11 is 0. The smallest absolute Gasteiger partial charge is 0.235 e. The molecule has 1 heterocycles. The number of carbonyl (C=O) groups excluding carboxylic acids is 2. The monoisotopic (exact) mass is 245 g/mol. The van der Waals surface area contributed by atoms with Crippen LogP contribution in [0.1, 0.15) is 15.9 Å². The SMILES string of the molecule is NC1C2=C(OC1(N)N)c1ccccc1C(=O)C2=O. The average molecular weight is 245 g/mol. The second-order valence-corrected chi connectivity index (χ2v) is 4.38. The van der Waals surface area contributed by atoms with E-state index in [9.17, 15) is 9.59 Å². The van der Waals surface area contributed by atoms with Crippen molar-refractivity contribution in [3.8, 4) is 0 Å². The fourth-order valence-electron chi connectivity index (χ4n) is 2.23. The zero-order valence-electron chi connectivity index (χ0n) is 9.34. The maximum absolute atomic E-state index is 12.0. The number of Topliss-reactive ketones (excluding diaryl/α,β-unsaturated/α-hetero) is 2. The topological polar surface area (TPSA) is 121 Å². The van der Waals surface area contributed by atoms with Gasteiger partial charge in [0.05, 0.1) is 5.57 Å². The first-order chi connectivity index (χ1) is 8.43. The molecule has 0 fully saturated rings. The van der Waals surface area contributed by atoms with E-state index in [2.05, 4.69) is 0 Å². The quantitative estimate of drug-likeness (QED) is 0.402. The lowest BCUT2D eigenvalue weighted by Gasteiger charge is -2.23. The van der Waals surface area contributed by atoms with E-state index < -0.39 is 23.5 Å². The molecule has 6 N–H and O–H groups in total. The fourth-order valence-corrected chi connectivity index (χ4v) is 2.23. The zero-order valence-corrected chi connectivity index (χ0v) is 9.34. The Morgan fingerprint density at radius 3 is 2.33 bits per heavy atom. The number of benzene rings is 1. The molecule has 3 rings (SSSR count). The van der Waals surface area contributed by atoms with Crippen LogP contribution < -0.4 is 17.2 Å². The molecule has 1 aliphatic carbocycles. The van der Waals surface area contributed by atoms with Crippen LogP contribution in [0, 0.1) is 0 Å². The van der Waals surface area contributed by atoms with E-state index in [0.717, 1.165) is 0 Å². The summed E-state index contributed by atoms with van der Waals surface area (Å²) in [6.07, 6.45) is 0. The summed E-state index contributed by atoms with van der Waals surface area (Å²) in [5.74, 6) is -2.76. The van der Waals surface area contributed by atoms with E-state index >= 15 is 0 Å². The molecule has 6 nitrogen and oxygen atoms in total. The minimum Gasteiger partial charge on any atom is -0.457 e. The molecule has 0 radical (unpaired) electrons. The van der Waals surface area contributed by atoms with Crippen molar-refractivity contribution in [1.82, 2.24) is 0 Å². The standard InChI is InChI=1S/C12H11N3O3/c13-11-7-9(17)8(16)5-3-1-2-4-6(5)10(7)18-12(11,14)15/h1-4,11H,13-15H2. The Kier molecular flexibility index (Phi) is 2.01. The molecule has 92 valence electrons. The van der Waals surface area contributed by atoms with Crippen LogP contribution in [0.15, 0.2) is 29.8 Å². The number of ether oxygens (including phenoxy) is 1. The fraction of sp³-hybridized carbons (Fsp3) is 0.167. The first kappa shape index (κ1) is 11.1. The van der Waals surface area contributed by atoms with Crippen LogP contribution in [0.3, 0.4) is 0 Å². The second-order valence-electron chi connectivity index (χ2n) is 4.38. The molecule has 0 bridgehead atoms. The molecule has 6 heteroatoms. The van der Waals surface area contributed by atoms with Gasteiger partial charge in [0, 0.05) is 11.1 Å². The Morgan fingerprint density at radius 1 is 1.06 bits per heavy atom. The van der Waals surface area contributed by atoms with Gasteiger partial charge < -0.3 is 10.5 Å². The molecule has 1 aliphatic heterocycles. The van der Waals surface area contributed by atoms with Gasteiger partial charge in [-0.25, -0.2) is 0 Å². The summed E-state index contributed by atoms with van der Waals surface area (Å²) < 4.78 is 5.35. The van der Waals surface area contributed by atoms with Gasteiger partial charge in [-0.2, -0.15) is 0 Å². The van der Waals surface area contributed by atoms with Crippen LogP contribution in [-0.2, 0) is 9.53 Å². The van der Waals surface area contributed by atoms with E-state index in [1.165, 1.54) is 0 Å². The predicted molar refractivity (Wildman–Crippen MR) is 62.9 cm³/mol. The van der Waals surface area contributed by atoms with E-state index in [4.69, 9.17) is 21.9 Å². The van der Waals surface area contributed by atoms with E-state index in [0.29, 0.717) is 5.56 Å².